The molecule has 0 aromatic heterocycles. The van der Waals surface area contributed by atoms with E-state index < -0.39 is 0 Å². The minimum atomic E-state index is -0.361. The van der Waals surface area contributed by atoms with Crippen LogP contribution in [0.4, 0.5) is 0 Å². The van der Waals surface area contributed by atoms with E-state index in [1.807, 2.05) is 19.9 Å². The Morgan fingerprint density at radius 3 is 2.71 bits per heavy atom. The van der Waals surface area contributed by atoms with Gasteiger partial charge in [-0.25, -0.2) is 4.89 Å². The largest absolute Gasteiger partial charge is 0.508 e. The van der Waals surface area contributed by atoms with Crippen LogP contribution in [0, 0.1) is 0 Å². The van der Waals surface area contributed by atoms with Crippen LogP contribution in [0.3, 0.4) is 0 Å². The third kappa shape index (κ3) is 5.53. The molecule has 0 unspecified atom stereocenters. The fraction of sp³-hybridized carbons (Fsp3) is 0.353. The van der Waals surface area contributed by atoms with Crippen LogP contribution >= 0.6 is 0 Å². The maximum Gasteiger partial charge on any atom is 0.150 e. The number of hydrogen-bond donors (Lipinski definition) is 2. The van der Waals surface area contributed by atoms with Crippen LogP contribution < -0.4 is 0 Å². The lowest BCUT2D eigenvalue weighted by molar-refractivity contribution is -0.269. The zero-order valence-corrected chi connectivity index (χ0v) is 12.5. The number of carbonyl (C=O) groups excluding carboxylic acids is 1. The lowest BCUT2D eigenvalue weighted by atomic mass is 10.0. The van der Waals surface area contributed by atoms with Crippen LogP contribution in [0.15, 0.2) is 42.0 Å². The summed E-state index contributed by atoms with van der Waals surface area (Å²) in [4.78, 5) is 15.1. The number of aromatic hydroxyl groups is 1. The molecule has 21 heavy (non-hydrogen) atoms. The molecule has 2 N–H and O–H groups in total. The number of aldehydes is 1. The Morgan fingerprint density at radius 2 is 2.14 bits per heavy atom. The molecule has 0 aliphatic carbocycles. The maximum atomic E-state index is 10.7. The van der Waals surface area contributed by atoms with Crippen molar-refractivity contribution in [2.24, 2.45) is 0 Å². The molecule has 1 aromatic carbocycles. The van der Waals surface area contributed by atoms with Crippen molar-refractivity contribution in [1.29, 1.82) is 0 Å². The molecular formula is C17H22O4. The van der Waals surface area contributed by atoms with Gasteiger partial charge in [0.2, 0.25) is 0 Å². The first-order valence-corrected chi connectivity index (χ1v) is 6.86. The standard InChI is InChI=1S/C17H22O4/c1-12(2)17(21-20)9-5-13(3)4-7-15-10-14(11-18)6-8-16(15)19/h4,6,8,10-11,17,19-20H,1,5,7,9H2,2-3H3/b13-4+/t17-/m0/s1. The summed E-state index contributed by atoms with van der Waals surface area (Å²) in [6.07, 6.45) is 4.35. The number of benzene rings is 1. The summed E-state index contributed by atoms with van der Waals surface area (Å²) in [5.74, 6) is 0.183. The van der Waals surface area contributed by atoms with Gasteiger partial charge in [0.1, 0.15) is 18.1 Å². The number of phenols is 1. The van der Waals surface area contributed by atoms with Gasteiger partial charge in [0.05, 0.1) is 0 Å². The molecule has 0 saturated heterocycles. The molecule has 0 spiro atoms. The van der Waals surface area contributed by atoms with Crippen LogP contribution in [0.2, 0.25) is 0 Å². The van der Waals surface area contributed by atoms with Gasteiger partial charge in [0, 0.05) is 5.56 Å². The van der Waals surface area contributed by atoms with Gasteiger partial charge < -0.3 is 5.11 Å². The van der Waals surface area contributed by atoms with Gasteiger partial charge in [0.25, 0.3) is 0 Å². The van der Waals surface area contributed by atoms with Gasteiger partial charge in [-0.2, -0.15) is 0 Å². The average molecular weight is 290 g/mol. The molecule has 114 valence electrons. The zero-order valence-electron chi connectivity index (χ0n) is 12.5. The Kier molecular flexibility index (Phi) is 6.85. The summed E-state index contributed by atoms with van der Waals surface area (Å²) < 4.78 is 0. The summed E-state index contributed by atoms with van der Waals surface area (Å²) in [5, 5.41) is 18.5. The molecule has 4 heteroatoms. The number of rotatable bonds is 8. The van der Waals surface area contributed by atoms with E-state index in [9.17, 15) is 9.90 Å². The van der Waals surface area contributed by atoms with Crippen molar-refractivity contribution in [1.82, 2.24) is 0 Å². The molecule has 0 fully saturated rings. The third-order valence-corrected chi connectivity index (χ3v) is 3.39. The highest BCUT2D eigenvalue weighted by molar-refractivity contribution is 5.75. The van der Waals surface area contributed by atoms with Crippen LogP contribution in [-0.2, 0) is 11.3 Å². The van der Waals surface area contributed by atoms with Crippen molar-refractivity contribution >= 4 is 6.29 Å². The Labute approximate surface area is 125 Å². The molecule has 0 aliphatic heterocycles. The first-order valence-electron chi connectivity index (χ1n) is 6.86. The Hall–Kier alpha value is -1.91. The van der Waals surface area contributed by atoms with Crippen molar-refractivity contribution < 1.29 is 20.0 Å². The molecule has 0 heterocycles. The van der Waals surface area contributed by atoms with Gasteiger partial charge in [-0.05, 0) is 62.4 Å². The van der Waals surface area contributed by atoms with Gasteiger partial charge >= 0.3 is 0 Å². The second-order valence-corrected chi connectivity index (χ2v) is 5.24. The normalized spacial score (nSPS) is 13.0. The molecule has 0 saturated carbocycles. The molecule has 1 aromatic rings. The van der Waals surface area contributed by atoms with Gasteiger partial charge in [-0.3, -0.25) is 10.1 Å². The summed E-state index contributed by atoms with van der Waals surface area (Å²) in [5.41, 5.74) is 3.16. The second-order valence-electron chi connectivity index (χ2n) is 5.24. The molecule has 0 amide bonds. The summed E-state index contributed by atoms with van der Waals surface area (Å²) in [6.45, 7) is 7.55. The van der Waals surface area contributed by atoms with E-state index in [4.69, 9.17) is 5.26 Å². The monoisotopic (exact) mass is 290 g/mol. The van der Waals surface area contributed by atoms with E-state index >= 15 is 0 Å². The molecule has 4 nitrogen and oxygen atoms in total. The van der Waals surface area contributed by atoms with E-state index in [0.717, 1.165) is 23.9 Å². The van der Waals surface area contributed by atoms with Gasteiger partial charge in [-0.15, -0.1) is 0 Å². The highest BCUT2D eigenvalue weighted by Gasteiger charge is 2.09. The second kappa shape index (κ2) is 8.39. The van der Waals surface area contributed by atoms with Gasteiger partial charge in [0.15, 0.2) is 0 Å². The van der Waals surface area contributed by atoms with Gasteiger partial charge in [-0.1, -0.05) is 18.2 Å². The quantitative estimate of drug-likeness (QED) is 0.330. The number of carbonyl (C=O) groups is 1. The van der Waals surface area contributed by atoms with Crippen LogP contribution in [0.25, 0.3) is 0 Å². The summed E-state index contributed by atoms with van der Waals surface area (Å²) in [6, 6.07) is 4.79. The van der Waals surface area contributed by atoms with E-state index in [2.05, 4.69) is 11.5 Å². The maximum absolute atomic E-state index is 10.7. The van der Waals surface area contributed by atoms with E-state index in [0.29, 0.717) is 24.0 Å². The van der Waals surface area contributed by atoms with Crippen LogP contribution in [0.1, 0.15) is 42.6 Å². The Morgan fingerprint density at radius 1 is 1.43 bits per heavy atom. The van der Waals surface area contributed by atoms with Crippen molar-refractivity contribution in [3.63, 3.8) is 0 Å². The SMILES string of the molecule is C=C(C)[C@H](CC/C(C)=C/Cc1cc(C=O)ccc1O)OO. The van der Waals surface area contributed by atoms with E-state index in [1.165, 1.54) is 6.07 Å². The molecule has 1 rings (SSSR count). The Bertz CT molecular complexity index is 532. The summed E-state index contributed by atoms with van der Waals surface area (Å²) >= 11 is 0. The number of allylic oxidation sites excluding steroid dienone is 2. The third-order valence-electron chi connectivity index (χ3n) is 3.39. The van der Waals surface area contributed by atoms with Crippen molar-refractivity contribution in [2.45, 2.75) is 39.2 Å². The lowest BCUT2D eigenvalue weighted by Crippen LogP contribution is -2.11. The summed E-state index contributed by atoms with van der Waals surface area (Å²) in [7, 11) is 0. The highest BCUT2D eigenvalue weighted by atomic mass is 17.1. The lowest BCUT2D eigenvalue weighted by Gasteiger charge is -2.13. The number of phenolic OH excluding ortho intramolecular Hbond substituents is 1. The molecule has 0 radical (unpaired) electrons. The first kappa shape index (κ1) is 17.1. The predicted molar refractivity (Wildman–Crippen MR) is 82.5 cm³/mol. The van der Waals surface area contributed by atoms with Crippen molar-refractivity contribution in [3.8, 4) is 5.75 Å². The van der Waals surface area contributed by atoms with Crippen LogP contribution in [0.5, 0.6) is 5.75 Å². The fourth-order valence-corrected chi connectivity index (χ4v) is 1.98. The minimum absolute atomic E-state index is 0.183. The minimum Gasteiger partial charge on any atom is -0.508 e. The smallest absolute Gasteiger partial charge is 0.150 e. The highest BCUT2D eigenvalue weighted by Crippen LogP contribution is 2.20. The fourth-order valence-electron chi connectivity index (χ4n) is 1.98. The molecule has 1 atom stereocenters. The van der Waals surface area contributed by atoms with Crippen molar-refractivity contribution in [2.75, 3.05) is 0 Å². The van der Waals surface area contributed by atoms with E-state index in [-0.39, 0.29) is 11.9 Å². The molecule has 0 bridgehead atoms. The van der Waals surface area contributed by atoms with Crippen LogP contribution in [-0.4, -0.2) is 22.8 Å². The number of hydrogen-bond acceptors (Lipinski definition) is 4. The predicted octanol–water partition coefficient (Wildman–Crippen LogP) is 3.91. The zero-order chi connectivity index (χ0) is 15.8. The first-order chi connectivity index (χ1) is 9.97. The molecule has 0 aliphatic rings. The molecular weight excluding hydrogens is 268 g/mol. The Balaban J connectivity index is 2.63. The van der Waals surface area contributed by atoms with E-state index in [1.54, 1.807) is 12.1 Å². The average Bonchev–Trinajstić information content (AvgIpc) is 2.46. The van der Waals surface area contributed by atoms with Crippen molar-refractivity contribution in [3.05, 3.63) is 53.1 Å². The topological polar surface area (TPSA) is 66.8 Å².